The molecule has 0 saturated carbocycles. The smallest absolute Gasteiger partial charge is 0.271 e. The SMILES string of the molecule is Cc1ccc(NS(=O)(=O)c2ccc(-c3cnc(C)o3)s2)c(C)c1. The number of thiophene rings is 1. The van der Waals surface area contributed by atoms with E-state index in [1.54, 1.807) is 31.3 Å². The Kier molecular flexibility index (Phi) is 3.99. The fourth-order valence-electron chi connectivity index (χ4n) is 2.20. The Morgan fingerprint density at radius 1 is 1.13 bits per heavy atom. The predicted molar refractivity (Wildman–Crippen MR) is 91.3 cm³/mol. The molecule has 0 aliphatic rings. The summed E-state index contributed by atoms with van der Waals surface area (Å²) in [5.74, 6) is 1.12. The molecule has 7 heteroatoms. The number of hydrogen-bond acceptors (Lipinski definition) is 5. The van der Waals surface area contributed by atoms with Crippen LogP contribution in [0.15, 0.2) is 45.2 Å². The number of sulfonamides is 1. The van der Waals surface area contributed by atoms with Gasteiger partial charge in [-0.15, -0.1) is 11.3 Å². The van der Waals surface area contributed by atoms with Crippen molar-refractivity contribution < 1.29 is 12.8 Å². The lowest BCUT2D eigenvalue weighted by molar-refractivity contribution is 0.535. The van der Waals surface area contributed by atoms with Crippen LogP contribution in [0.5, 0.6) is 0 Å². The van der Waals surface area contributed by atoms with E-state index in [1.807, 2.05) is 26.0 Å². The molecular formula is C16H16N2O3S2. The summed E-state index contributed by atoms with van der Waals surface area (Å²) in [7, 11) is -3.62. The number of nitrogens with zero attached hydrogens (tertiary/aromatic N) is 1. The molecule has 1 aromatic carbocycles. The zero-order chi connectivity index (χ0) is 16.6. The minimum atomic E-state index is -3.62. The first-order valence-corrected chi connectivity index (χ1v) is 9.28. The molecule has 0 spiro atoms. The van der Waals surface area contributed by atoms with Gasteiger partial charge in [0.15, 0.2) is 11.7 Å². The molecule has 0 radical (unpaired) electrons. The topological polar surface area (TPSA) is 72.2 Å². The van der Waals surface area contributed by atoms with Gasteiger partial charge in [-0.1, -0.05) is 17.7 Å². The second-order valence-electron chi connectivity index (χ2n) is 5.29. The zero-order valence-corrected chi connectivity index (χ0v) is 14.6. The van der Waals surface area contributed by atoms with Crippen LogP contribution < -0.4 is 4.72 Å². The quantitative estimate of drug-likeness (QED) is 0.769. The first kappa shape index (κ1) is 15.8. The van der Waals surface area contributed by atoms with Crippen LogP contribution >= 0.6 is 11.3 Å². The minimum absolute atomic E-state index is 0.238. The van der Waals surface area contributed by atoms with E-state index in [0.717, 1.165) is 27.3 Å². The molecule has 0 bridgehead atoms. The van der Waals surface area contributed by atoms with Crippen molar-refractivity contribution in [1.29, 1.82) is 0 Å². The van der Waals surface area contributed by atoms with Gasteiger partial charge in [0, 0.05) is 6.92 Å². The van der Waals surface area contributed by atoms with E-state index in [0.29, 0.717) is 17.3 Å². The minimum Gasteiger partial charge on any atom is -0.440 e. The molecule has 0 aliphatic carbocycles. The summed E-state index contributed by atoms with van der Waals surface area (Å²) in [4.78, 5) is 4.76. The molecule has 1 N–H and O–H groups in total. The van der Waals surface area contributed by atoms with Crippen molar-refractivity contribution in [2.75, 3.05) is 4.72 Å². The lowest BCUT2D eigenvalue weighted by Gasteiger charge is -2.09. The standard InChI is InChI=1S/C16H16N2O3S2/c1-10-4-5-13(11(2)8-10)18-23(19,20)16-7-6-15(22-16)14-9-17-12(3)21-14/h4-9,18H,1-3H3. The number of aryl methyl sites for hydroxylation is 3. The summed E-state index contributed by atoms with van der Waals surface area (Å²) in [5, 5.41) is 0. The summed E-state index contributed by atoms with van der Waals surface area (Å²) >= 11 is 1.15. The van der Waals surface area contributed by atoms with Crippen LogP contribution in [0.25, 0.3) is 10.6 Å². The van der Waals surface area contributed by atoms with E-state index in [2.05, 4.69) is 9.71 Å². The van der Waals surface area contributed by atoms with Gasteiger partial charge in [-0.25, -0.2) is 13.4 Å². The number of nitrogens with one attached hydrogen (secondary N) is 1. The highest BCUT2D eigenvalue weighted by Crippen LogP contribution is 2.32. The molecule has 120 valence electrons. The number of anilines is 1. The first-order chi connectivity index (χ1) is 10.8. The summed E-state index contributed by atoms with van der Waals surface area (Å²) < 4.78 is 33.4. The van der Waals surface area contributed by atoms with Gasteiger partial charge in [0.05, 0.1) is 16.8 Å². The largest absolute Gasteiger partial charge is 0.440 e. The molecule has 0 atom stereocenters. The van der Waals surface area contributed by atoms with E-state index < -0.39 is 10.0 Å². The van der Waals surface area contributed by atoms with Gasteiger partial charge in [-0.3, -0.25) is 4.72 Å². The number of benzene rings is 1. The third-order valence-corrected chi connectivity index (χ3v) is 6.29. The maximum Gasteiger partial charge on any atom is 0.271 e. The molecule has 23 heavy (non-hydrogen) atoms. The van der Waals surface area contributed by atoms with Crippen molar-refractivity contribution in [3.8, 4) is 10.6 Å². The average Bonchev–Trinajstić information content (AvgIpc) is 3.10. The van der Waals surface area contributed by atoms with Gasteiger partial charge in [0.2, 0.25) is 0 Å². The molecule has 0 fully saturated rings. The highest BCUT2D eigenvalue weighted by molar-refractivity contribution is 7.94. The molecule has 5 nitrogen and oxygen atoms in total. The summed E-state index contributed by atoms with van der Waals surface area (Å²) in [5.41, 5.74) is 2.56. The van der Waals surface area contributed by atoms with Crippen molar-refractivity contribution in [1.82, 2.24) is 4.98 Å². The Morgan fingerprint density at radius 3 is 2.57 bits per heavy atom. The number of rotatable bonds is 4. The van der Waals surface area contributed by atoms with Crippen molar-refractivity contribution >= 4 is 27.0 Å². The summed E-state index contributed by atoms with van der Waals surface area (Å²) in [6.45, 7) is 5.59. The molecule has 2 heterocycles. The average molecular weight is 348 g/mol. The van der Waals surface area contributed by atoms with Gasteiger partial charge >= 0.3 is 0 Å². The second kappa shape index (κ2) is 5.82. The number of oxazole rings is 1. The van der Waals surface area contributed by atoms with Crippen molar-refractivity contribution in [3.05, 3.63) is 53.5 Å². The molecule has 2 aromatic heterocycles. The third-order valence-electron chi connectivity index (χ3n) is 3.34. The van der Waals surface area contributed by atoms with E-state index in [9.17, 15) is 8.42 Å². The molecule has 3 aromatic rings. The van der Waals surface area contributed by atoms with Gasteiger partial charge in [-0.05, 0) is 37.6 Å². The Labute approximate surface area is 139 Å². The van der Waals surface area contributed by atoms with Gasteiger partial charge < -0.3 is 4.42 Å². The highest BCUT2D eigenvalue weighted by Gasteiger charge is 2.19. The fraction of sp³-hybridized carbons (Fsp3) is 0.188. The van der Waals surface area contributed by atoms with E-state index in [1.165, 1.54) is 0 Å². The van der Waals surface area contributed by atoms with E-state index in [-0.39, 0.29) is 4.21 Å². The lowest BCUT2D eigenvalue weighted by atomic mass is 10.1. The first-order valence-electron chi connectivity index (χ1n) is 6.98. The molecule has 0 amide bonds. The summed E-state index contributed by atoms with van der Waals surface area (Å²) in [6.07, 6.45) is 1.59. The van der Waals surface area contributed by atoms with Gasteiger partial charge in [0.25, 0.3) is 10.0 Å². The Bertz CT molecular complexity index is 955. The molecule has 0 aliphatic heterocycles. The van der Waals surface area contributed by atoms with Crippen LogP contribution in [0.1, 0.15) is 17.0 Å². The summed E-state index contributed by atoms with van der Waals surface area (Å²) in [6, 6.07) is 8.89. The van der Waals surface area contributed by atoms with Crippen LogP contribution in [0, 0.1) is 20.8 Å². The number of aromatic nitrogens is 1. The second-order valence-corrected chi connectivity index (χ2v) is 8.28. The van der Waals surface area contributed by atoms with Crippen molar-refractivity contribution in [2.45, 2.75) is 25.0 Å². The third kappa shape index (κ3) is 3.30. The van der Waals surface area contributed by atoms with Gasteiger partial charge in [0.1, 0.15) is 4.21 Å². The Balaban J connectivity index is 1.89. The van der Waals surface area contributed by atoms with Crippen molar-refractivity contribution in [2.24, 2.45) is 0 Å². The maximum absolute atomic E-state index is 12.5. The van der Waals surface area contributed by atoms with E-state index in [4.69, 9.17) is 4.42 Å². The van der Waals surface area contributed by atoms with Gasteiger partial charge in [-0.2, -0.15) is 0 Å². The molecule has 0 unspecified atom stereocenters. The normalized spacial score (nSPS) is 11.6. The number of hydrogen-bond donors (Lipinski definition) is 1. The Hall–Kier alpha value is -2.12. The van der Waals surface area contributed by atoms with Crippen LogP contribution in [0.4, 0.5) is 5.69 Å². The predicted octanol–water partition coefficient (Wildman–Crippen LogP) is 4.13. The molecule has 3 rings (SSSR count). The van der Waals surface area contributed by atoms with Crippen LogP contribution in [-0.4, -0.2) is 13.4 Å². The van der Waals surface area contributed by atoms with E-state index >= 15 is 0 Å². The maximum atomic E-state index is 12.5. The van der Waals surface area contributed by atoms with Crippen LogP contribution in [0.2, 0.25) is 0 Å². The molecular weight excluding hydrogens is 332 g/mol. The lowest BCUT2D eigenvalue weighted by Crippen LogP contribution is -2.12. The Morgan fingerprint density at radius 2 is 1.91 bits per heavy atom. The monoisotopic (exact) mass is 348 g/mol. The molecule has 0 saturated heterocycles. The van der Waals surface area contributed by atoms with Crippen molar-refractivity contribution in [3.63, 3.8) is 0 Å². The zero-order valence-electron chi connectivity index (χ0n) is 13.0. The van der Waals surface area contributed by atoms with Crippen LogP contribution in [0.3, 0.4) is 0 Å². The highest BCUT2D eigenvalue weighted by atomic mass is 32.2. The fourth-order valence-corrected chi connectivity index (χ4v) is 4.58. The van der Waals surface area contributed by atoms with Crippen LogP contribution in [-0.2, 0) is 10.0 Å².